The summed E-state index contributed by atoms with van der Waals surface area (Å²) in [6.45, 7) is 6.38. The van der Waals surface area contributed by atoms with E-state index in [1.807, 2.05) is 0 Å². The number of nitrogens with one attached hydrogen (secondary N) is 2. The highest BCUT2D eigenvalue weighted by molar-refractivity contribution is 5.74. The normalized spacial score (nSPS) is 15.1. The van der Waals surface area contributed by atoms with Crippen LogP contribution in [0.2, 0.25) is 0 Å². The van der Waals surface area contributed by atoms with Gasteiger partial charge in [0.25, 0.3) is 0 Å². The SMILES string of the molecule is CC(C)(C)OC(=O)N1CCC(NC(=O)NCC#Cc2cccc(C(F)(F)F)c2)CC1. The number of urea groups is 1. The van der Waals surface area contributed by atoms with Gasteiger partial charge in [-0.3, -0.25) is 0 Å². The predicted octanol–water partition coefficient (Wildman–Crippen LogP) is 3.76. The maximum Gasteiger partial charge on any atom is 0.416 e. The van der Waals surface area contributed by atoms with Crippen LogP contribution in [0.1, 0.15) is 44.7 Å². The van der Waals surface area contributed by atoms with Gasteiger partial charge in [0.05, 0.1) is 12.1 Å². The molecule has 1 heterocycles. The Morgan fingerprint density at radius 1 is 1.20 bits per heavy atom. The zero-order valence-electron chi connectivity index (χ0n) is 17.2. The molecule has 1 aromatic rings. The van der Waals surface area contributed by atoms with Gasteiger partial charge in [0, 0.05) is 24.7 Å². The van der Waals surface area contributed by atoms with E-state index in [1.54, 1.807) is 25.7 Å². The Kier molecular flexibility index (Phi) is 7.59. The molecule has 0 bridgehead atoms. The number of likely N-dealkylation sites (tertiary alicyclic amines) is 1. The molecule has 0 saturated carbocycles. The predicted molar refractivity (Wildman–Crippen MR) is 106 cm³/mol. The number of carbonyl (C=O) groups is 2. The molecule has 0 aliphatic carbocycles. The Bertz CT molecular complexity index is 815. The molecule has 164 valence electrons. The number of amides is 3. The lowest BCUT2D eigenvalue weighted by molar-refractivity contribution is -0.137. The fourth-order valence-corrected chi connectivity index (χ4v) is 2.81. The molecule has 1 aromatic carbocycles. The fourth-order valence-electron chi connectivity index (χ4n) is 2.81. The molecule has 0 spiro atoms. The summed E-state index contributed by atoms with van der Waals surface area (Å²) in [6, 6.07) is 4.21. The molecule has 2 N–H and O–H groups in total. The third kappa shape index (κ3) is 7.85. The molecule has 1 fully saturated rings. The van der Waals surface area contributed by atoms with Gasteiger partial charge in [0.1, 0.15) is 5.60 Å². The van der Waals surface area contributed by atoms with E-state index in [4.69, 9.17) is 4.74 Å². The van der Waals surface area contributed by atoms with Crippen LogP contribution >= 0.6 is 0 Å². The van der Waals surface area contributed by atoms with Crippen molar-refractivity contribution in [2.45, 2.75) is 51.4 Å². The van der Waals surface area contributed by atoms with Crippen molar-refractivity contribution in [1.29, 1.82) is 0 Å². The number of piperidine rings is 1. The molecule has 1 aliphatic heterocycles. The van der Waals surface area contributed by atoms with Crippen molar-refractivity contribution in [3.8, 4) is 11.8 Å². The Hall–Kier alpha value is -2.89. The average molecular weight is 425 g/mol. The zero-order chi connectivity index (χ0) is 22.4. The summed E-state index contributed by atoms with van der Waals surface area (Å²) in [7, 11) is 0. The number of ether oxygens (including phenoxy) is 1. The Morgan fingerprint density at radius 2 is 1.87 bits per heavy atom. The number of hydrogen-bond donors (Lipinski definition) is 2. The van der Waals surface area contributed by atoms with E-state index in [9.17, 15) is 22.8 Å². The van der Waals surface area contributed by atoms with Gasteiger partial charge in [-0.05, 0) is 51.8 Å². The van der Waals surface area contributed by atoms with Crippen molar-refractivity contribution < 1.29 is 27.5 Å². The van der Waals surface area contributed by atoms with Crippen molar-refractivity contribution in [1.82, 2.24) is 15.5 Å². The van der Waals surface area contributed by atoms with Gasteiger partial charge in [-0.15, -0.1) is 0 Å². The highest BCUT2D eigenvalue weighted by Gasteiger charge is 2.30. The van der Waals surface area contributed by atoms with Crippen LogP contribution in [-0.2, 0) is 10.9 Å². The maximum absolute atomic E-state index is 12.7. The number of benzene rings is 1. The second kappa shape index (κ2) is 9.74. The van der Waals surface area contributed by atoms with E-state index in [0.717, 1.165) is 12.1 Å². The third-order valence-corrected chi connectivity index (χ3v) is 4.24. The van der Waals surface area contributed by atoms with Gasteiger partial charge in [0.15, 0.2) is 0 Å². The molecule has 1 aliphatic rings. The van der Waals surface area contributed by atoms with Crippen LogP contribution in [0.3, 0.4) is 0 Å². The molecule has 3 amide bonds. The average Bonchev–Trinajstić information content (AvgIpc) is 2.64. The lowest BCUT2D eigenvalue weighted by Gasteiger charge is -2.33. The second-order valence-electron chi connectivity index (χ2n) is 7.95. The van der Waals surface area contributed by atoms with E-state index >= 15 is 0 Å². The monoisotopic (exact) mass is 425 g/mol. The Labute approximate surface area is 174 Å². The van der Waals surface area contributed by atoms with E-state index in [-0.39, 0.29) is 24.2 Å². The first kappa shape index (κ1) is 23.4. The number of hydrogen-bond acceptors (Lipinski definition) is 3. The zero-order valence-corrected chi connectivity index (χ0v) is 17.2. The first-order chi connectivity index (χ1) is 13.9. The molecule has 0 aromatic heterocycles. The summed E-state index contributed by atoms with van der Waals surface area (Å²) in [6.07, 6.45) is -3.59. The van der Waals surface area contributed by atoms with Gasteiger partial charge in [-0.1, -0.05) is 17.9 Å². The summed E-state index contributed by atoms with van der Waals surface area (Å²) in [5, 5.41) is 5.37. The van der Waals surface area contributed by atoms with Crippen LogP contribution in [0, 0.1) is 11.8 Å². The number of nitrogens with zero attached hydrogens (tertiary/aromatic N) is 1. The first-order valence-corrected chi connectivity index (χ1v) is 9.62. The van der Waals surface area contributed by atoms with E-state index in [1.165, 1.54) is 12.1 Å². The van der Waals surface area contributed by atoms with Gasteiger partial charge in [-0.25, -0.2) is 9.59 Å². The van der Waals surface area contributed by atoms with Crippen molar-refractivity contribution in [3.63, 3.8) is 0 Å². The highest BCUT2D eigenvalue weighted by atomic mass is 19.4. The van der Waals surface area contributed by atoms with Crippen molar-refractivity contribution in [2.75, 3.05) is 19.6 Å². The summed E-state index contributed by atoms with van der Waals surface area (Å²) < 4.78 is 43.4. The summed E-state index contributed by atoms with van der Waals surface area (Å²) in [5.41, 5.74) is -1.10. The van der Waals surface area contributed by atoms with Crippen molar-refractivity contribution in [2.24, 2.45) is 0 Å². The molecule has 0 unspecified atom stereocenters. The summed E-state index contributed by atoms with van der Waals surface area (Å²) in [5.74, 6) is 5.24. The molecule has 30 heavy (non-hydrogen) atoms. The number of alkyl halides is 3. The van der Waals surface area contributed by atoms with Crippen LogP contribution in [0.25, 0.3) is 0 Å². The molecule has 6 nitrogen and oxygen atoms in total. The number of carbonyl (C=O) groups excluding carboxylic acids is 2. The Morgan fingerprint density at radius 3 is 2.47 bits per heavy atom. The first-order valence-electron chi connectivity index (χ1n) is 9.62. The van der Waals surface area contributed by atoms with Crippen LogP contribution in [-0.4, -0.2) is 48.3 Å². The lowest BCUT2D eigenvalue weighted by Crippen LogP contribution is -2.49. The molecule has 2 rings (SSSR count). The maximum atomic E-state index is 12.7. The van der Waals surface area contributed by atoms with Gasteiger partial charge >= 0.3 is 18.3 Å². The van der Waals surface area contributed by atoms with Gasteiger partial charge < -0.3 is 20.3 Å². The van der Waals surface area contributed by atoms with Gasteiger partial charge in [0.2, 0.25) is 0 Å². The molecule has 9 heteroatoms. The number of rotatable bonds is 2. The minimum absolute atomic E-state index is 0.00116. The van der Waals surface area contributed by atoms with Crippen LogP contribution in [0.4, 0.5) is 22.8 Å². The molecular weight excluding hydrogens is 399 g/mol. The largest absolute Gasteiger partial charge is 0.444 e. The van der Waals surface area contributed by atoms with E-state index in [2.05, 4.69) is 22.5 Å². The minimum Gasteiger partial charge on any atom is -0.444 e. The number of halogens is 3. The summed E-state index contributed by atoms with van der Waals surface area (Å²) in [4.78, 5) is 25.6. The molecule has 0 atom stereocenters. The smallest absolute Gasteiger partial charge is 0.416 e. The second-order valence-corrected chi connectivity index (χ2v) is 7.95. The third-order valence-electron chi connectivity index (χ3n) is 4.24. The molecular formula is C21H26F3N3O3. The van der Waals surface area contributed by atoms with E-state index < -0.39 is 23.4 Å². The van der Waals surface area contributed by atoms with Crippen LogP contribution < -0.4 is 10.6 Å². The quantitative estimate of drug-likeness (QED) is 0.709. The Balaban J connectivity index is 1.73. The van der Waals surface area contributed by atoms with Crippen molar-refractivity contribution >= 4 is 12.1 Å². The van der Waals surface area contributed by atoms with Crippen LogP contribution in [0.15, 0.2) is 24.3 Å². The molecule has 0 radical (unpaired) electrons. The highest BCUT2D eigenvalue weighted by Crippen LogP contribution is 2.29. The minimum atomic E-state index is -4.42. The van der Waals surface area contributed by atoms with Crippen LogP contribution in [0.5, 0.6) is 0 Å². The standard InChI is InChI=1S/C21H26F3N3O3/c1-20(2,3)30-19(29)27-12-9-17(10-13-27)26-18(28)25-11-5-7-15-6-4-8-16(14-15)21(22,23)24/h4,6,8,14,17H,9-13H2,1-3H3,(H2,25,26,28). The lowest BCUT2D eigenvalue weighted by atomic mass is 10.1. The van der Waals surface area contributed by atoms with Crippen molar-refractivity contribution in [3.05, 3.63) is 35.4 Å². The van der Waals surface area contributed by atoms with E-state index in [0.29, 0.717) is 25.9 Å². The van der Waals surface area contributed by atoms with Gasteiger partial charge in [-0.2, -0.15) is 13.2 Å². The molecule has 1 saturated heterocycles. The topological polar surface area (TPSA) is 70.7 Å². The summed E-state index contributed by atoms with van der Waals surface area (Å²) >= 11 is 0. The fraction of sp³-hybridized carbons (Fsp3) is 0.524.